The van der Waals surface area contributed by atoms with Gasteiger partial charge in [0.05, 0.1) is 51.5 Å². The zero-order valence-electron chi connectivity index (χ0n) is 55.7. The summed E-state index contributed by atoms with van der Waals surface area (Å²) in [5.74, 6) is -3.19. The number of hydrogen-bond acceptors (Lipinski definition) is 25. The first-order valence-electron chi connectivity index (χ1n) is 31.0. The van der Waals surface area contributed by atoms with Crippen LogP contribution in [0.25, 0.3) is 0 Å². The molecule has 9 aromatic rings. The predicted molar refractivity (Wildman–Crippen MR) is 363 cm³/mol. The van der Waals surface area contributed by atoms with Crippen LogP contribution in [0.15, 0.2) is 154 Å². The van der Waals surface area contributed by atoms with E-state index in [1.165, 1.54) is 73.2 Å². The summed E-state index contributed by atoms with van der Waals surface area (Å²) < 4.78 is 60.5. The van der Waals surface area contributed by atoms with Crippen LogP contribution in [-0.4, -0.2) is 111 Å². The molecule has 0 aliphatic heterocycles. The molecule has 0 spiro atoms. The molecule has 38 heteroatoms. The number of amides is 3. The fraction of sp³-hybridized carbons (Fsp3) is 0.277. The van der Waals surface area contributed by atoms with Crippen molar-refractivity contribution in [2.75, 3.05) is 6.54 Å². The largest absolute Gasteiger partial charge is 0.343 e. The van der Waals surface area contributed by atoms with Gasteiger partial charge >= 0.3 is 0 Å². The van der Waals surface area contributed by atoms with Crippen LogP contribution in [0.2, 0.25) is 0 Å². The Hall–Kier alpha value is -10.7. The summed E-state index contributed by atoms with van der Waals surface area (Å²) in [7, 11) is 3.75. The summed E-state index contributed by atoms with van der Waals surface area (Å²) in [4.78, 5) is 126. The van der Waals surface area contributed by atoms with Crippen molar-refractivity contribution in [3.05, 3.63) is 257 Å². The van der Waals surface area contributed by atoms with Gasteiger partial charge in [0.25, 0.3) is 52.3 Å². The number of para-hydroxylation sites is 3. The van der Waals surface area contributed by atoms with E-state index in [4.69, 9.17) is 20.6 Å². The first-order chi connectivity index (χ1) is 48.7. The van der Waals surface area contributed by atoms with E-state index in [0.29, 0.717) is 93.9 Å². The van der Waals surface area contributed by atoms with Crippen LogP contribution in [0, 0.1) is 78.9 Å². The number of nitro groups is 3. The van der Waals surface area contributed by atoms with Gasteiger partial charge in [-0.05, 0) is 69.5 Å². The number of aryl methyl sites for hydroxylation is 2. The number of benzene rings is 3. The molecule has 0 atom stereocenters. The Labute approximate surface area is 624 Å². The van der Waals surface area contributed by atoms with E-state index in [1.54, 1.807) is 54.6 Å². The molecular formula is C65H68BCl2F3N16O15U. The number of carbonyl (C=O) groups excluding carboxylic acids is 6. The van der Waals surface area contributed by atoms with Gasteiger partial charge in [-0.1, -0.05) is 89.5 Å². The van der Waals surface area contributed by atoms with Crippen LogP contribution >= 0.6 is 24.8 Å². The molecule has 5 N–H and O–H groups in total. The molecule has 3 aromatic carbocycles. The van der Waals surface area contributed by atoms with Crippen molar-refractivity contribution in [1.82, 2.24) is 61.3 Å². The Balaban J connectivity index is 0.000000485. The first kappa shape index (κ1) is 86.6. The smallest absolute Gasteiger partial charge is 0.293 e. The van der Waals surface area contributed by atoms with E-state index in [-0.39, 0.29) is 181 Å². The van der Waals surface area contributed by atoms with E-state index in [0.717, 1.165) is 6.08 Å². The number of allylic oxidation sites excluding steroid dienone is 1. The molecule has 9 rings (SSSR count). The van der Waals surface area contributed by atoms with Gasteiger partial charge in [0.15, 0.2) is 5.78 Å². The van der Waals surface area contributed by atoms with Crippen LogP contribution in [0.3, 0.4) is 0 Å². The fourth-order valence-corrected chi connectivity index (χ4v) is 8.77. The third kappa shape index (κ3) is 30.6. The zero-order chi connectivity index (χ0) is 73.5. The molecule has 0 fully saturated rings. The van der Waals surface area contributed by atoms with Crippen molar-refractivity contribution in [2.45, 2.75) is 110 Å². The van der Waals surface area contributed by atoms with E-state index in [1.807, 2.05) is 0 Å². The molecule has 2 radical (unpaired) electrons. The minimum Gasteiger partial charge on any atom is -0.343 e. The van der Waals surface area contributed by atoms with E-state index < -0.39 is 49.9 Å². The van der Waals surface area contributed by atoms with E-state index in [2.05, 4.69) is 76.3 Å². The predicted octanol–water partition coefficient (Wildman–Crippen LogP) is 8.84. The molecule has 0 saturated heterocycles. The minimum absolute atomic E-state index is 0. The van der Waals surface area contributed by atoms with Gasteiger partial charge in [-0.25, -0.2) is 13.2 Å². The molecule has 0 aliphatic carbocycles. The van der Waals surface area contributed by atoms with Gasteiger partial charge in [0, 0.05) is 151 Å². The molecule has 0 aliphatic rings. The van der Waals surface area contributed by atoms with Gasteiger partial charge in [0.1, 0.15) is 29.0 Å². The van der Waals surface area contributed by atoms with Crippen molar-refractivity contribution in [2.24, 2.45) is 5.73 Å². The summed E-state index contributed by atoms with van der Waals surface area (Å²) in [5, 5.41) is 50.8. The number of nitrogens with one attached hydrogen (secondary N) is 3. The van der Waals surface area contributed by atoms with Gasteiger partial charge in [-0.2, -0.15) is 15.0 Å². The summed E-state index contributed by atoms with van der Waals surface area (Å²) in [6.07, 6.45) is 11.5. The van der Waals surface area contributed by atoms with E-state index >= 15 is 0 Å². The topological polar surface area (TPSA) is 449 Å². The maximum Gasteiger partial charge on any atom is 0.293 e. The number of nitrogens with two attached hydrogens (primary N) is 1. The second-order valence-corrected chi connectivity index (χ2v) is 21.0. The van der Waals surface area contributed by atoms with Gasteiger partial charge < -0.3 is 35.3 Å². The second kappa shape index (κ2) is 47.4. The molecule has 3 amide bonds. The van der Waals surface area contributed by atoms with Crippen molar-refractivity contribution in [1.29, 1.82) is 1.34 Å². The number of pyridine rings is 3. The Kier molecular flexibility index (Phi) is 39.9. The Morgan fingerprint density at radius 3 is 1.10 bits per heavy atom. The number of hydrogen-bond donors (Lipinski definition) is 4. The third-order valence-electron chi connectivity index (χ3n) is 13.7. The number of halogens is 5. The van der Waals surface area contributed by atoms with Crippen molar-refractivity contribution in [3.8, 4) is 0 Å². The number of Topliss-reactive ketones (excluding diaryl/α,β-unsaturated/α-hetero) is 2. The van der Waals surface area contributed by atoms with Crippen molar-refractivity contribution >= 4 is 85.3 Å². The quantitative estimate of drug-likeness (QED) is 0.00980. The van der Waals surface area contributed by atoms with Gasteiger partial charge in [-0.15, -0.1) is 24.8 Å². The van der Waals surface area contributed by atoms with E-state index in [9.17, 15) is 72.3 Å². The van der Waals surface area contributed by atoms with Crippen LogP contribution < -0.4 is 21.7 Å². The summed E-state index contributed by atoms with van der Waals surface area (Å²) in [6, 6.07) is 26.8. The molecule has 0 unspecified atom stereocenters. The van der Waals surface area contributed by atoms with Crippen LogP contribution in [0.5, 0.6) is 0 Å². The Bertz CT molecular complexity index is 4110. The molecule has 103 heavy (non-hydrogen) atoms. The number of nitro benzene ring substituents is 3. The molecule has 31 nitrogen and oxygen atoms in total. The number of nitrogens with zero attached hydrogens (tertiary/aromatic N) is 12. The number of unbranched alkanes of at least 4 members (excludes halogenated alkanes) is 4. The van der Waals surface area contributed by atoms with Gasteiger partial charge in [0.2, 0.25) is 17.7 Å². The standard InChI is InChI=1S/2C22H22FN5O5.C11H12FN5O2.C10H9NO3.BH.2ClH.U/c2*23-17-9-6-12-24-18(17)14-25-22(30)21-26-20(33-27-21)11-3-1-2-8-16(29)13-15-7-4-5-10-19(15)28(31)32;12-7-2-1-5-14-8(7)6-15-11(18)10-16-9(3-4-13)19-17-10;1-2-9(12)7-8-5-3-4-6-10(8)11(13)14;;;;/h2*4-7,9-10,12H,1-3,8,11,13-14H2,(H,25,30);1-2,5H,3-4,6,13H2,(H,15,18);2-6H,1,7H2;3*1H;/i;;;;1D;;;. The number of carbonyl (C=O) groups is 6. The van der Waals surface area contributed by atoms with Crippen molar-refractivity contribution < 1.29 is 101 Å². The molecular weight excluding hydrogens is 1620 g/mol. The Morgan fingerprint density at radius 2 is 0.796 bits per heavy atom. The van der Waals surface area contributed by atoms with Crippen LogP contribution in [0.1, 0.15) is 135 Å². The second-order valence-electron chi connectivity index (χ2n) is 21.0. The first-order valence-corrected chi connectivity index (χ1v) is 30.4. The molecule has 6 heterocycles. The van der Waals surface area contributed by atoms with Crippen molar-refractivity contribution in [3.63, 3.8) is 0 Å². The molecule has 6 aromatic heterocycles. The summed E-state index contributed by atoms with van der Waals surface area (Å²) >= 11 is 0. The number of ketones is 3. The molecule has 540 valence electrons. The van der Waals surface area contributed by atoms with Crippen LogP contribution in [0.4, 0.5) is 30.2 Å². The van der Waals surface area contributed by atoms with Gasteiger partial charge in [-0.3, -0.25) is 74.1 Å². The maximum absolute atomic E-state index is 13.5. The SMILES string of the molecule is C=CC(=O)Cc1ccccc1[N+](=O)[O-].Cl.Cl.NCCc1nc(C(=O)NCc2ncccc2F)no1.O=C(CCCCCc1nc(C(=O)NCc2ncccc2F)no1)Cc1ccccc1[N+](=O)[O-].O=C(CCCCCc1nc(C(=O)NCc2ncccc2F)no1)Cc1ccccc1[N+](=O)[O-].[2H][B].[U]. The normalized spacial score (nSPS) is 10.1. The fourth-order valence-electron chi connectivity index (χ4n) is 8.77. The number of rotatable bonds is 33. The monoisotopic (exact) mass is 1690 g/mol. The third-order valence-corrected chi connectivity index (χ3v) is 13.7. The van der Waals surface area contributed by atoms with Crippen LogP contribution in [-0.2, 0) is 72.5 Å². The summed E-state index contributed by atoms with van der Waals surface area (Å²) in [5.41, 5.74) is 6.78. The Morgan fingerprint density at radius 1 is 0.485 bits per heavy atom. The average Bonchev–Trinajstić information content (AvgIpc) is 1.36. The zero-order valence-corrected chi connectivity index (χ0v) is 60.5. The average molecular weight is 1690 g/mol. The maximum atomic E-state index is 13.5. The number of aromatic nitrogens is 9. The minimum atomic E-state index is -0.601. The molecule has 0 saturated carbocycles. The summed E-state index contributed by atoms with van der Waals surface area (Å²) in [6.45, 7) is 3.41. The molecule has 0 bridgehead atoms.